The smallest absolute Gasteiger partial charge is 0.215 e. The van der Waals surface area contributed by atoms with E-state index in [1.54, 1.807) is 6.20 Å². The Morgan fingerprint density at radius 3 is 3.06 bits per heavy atom. The Labute approximate surface area is 107 Å². The molecule has 2 aromatic heterocycles. The summed E-state index contributed by atoms with van der Waals surface area (Å²) in [7, 11) is 0. The van der Waals surface area contributed by atoms with E-state index in [4.69, 9.17) is 4.74 Å². The van der Waals surface area contributed by atoms with Crippen molar-refractivity contribution in [2.24, 2.45) is 0 Å². The van der Waals surface area contributed by atoms with E-state index in [9.17, 15) is 0 Å². The molecule has 4 heteroatoms. The van der Waals surface area contributed by atoms with Crippen molar-refractivity contribution in [3.05, 3.63) is 24.4 Å². The van der Waals surface area contributed by atoms with Gasteiger partial charge >= 0.3 is 0 Å². The zero-order valence-electron chi connectivity index (χ0n) is 10.5. The van der Waals surface area contributed by atoms with Crippen LogP contribution in [0.4, 0.5) is 0 Å². The lowest BCUT2D eigenvalue weighted by Crippen LogP contribution is -2.33. The van der Waals surface area contributed by atoms with Gasteiger partial charge in [-0.05, 0) is 32.0 Å². The summed E-state index contributed by atoms with van der Waals surface area (Å²) in [5.41, 5.74) is 0.838. The van der Waals surface area contributed by atoms with Crippen LogP contribution in [0.15, 0.2) is 18.3 Å². The normalized spacial score (nSPS) is 17.1. The number of nitrogens with zero attached hydrogens (tertiary/aromatic N) is 2. The summed E-state index contributed by atoms with van der Waals surface area (Å²) in [5, 5.41) is 0.999. The van der Waals surface area contributed by atoms with Crippen LogP contribution in [0.5, 0.6) is 5.88 Å². The molecule has 0 atom stereocenters. The summed E-state index contributed by atoms with van der Waals surface area (Å²) >= 11 is 0. The Balaban J connectivity index is 1.52. The summed E-state index contributed by atoms with van der Waals surface area (Å²) in [4.78, 5) is 9.90. The van der Waals surface area contributed by atoms with E-state index >= 15 is 0 Å². The van der Waals surface area contributed by atoms with E-state index in [1.165, 1.54) is 32.4 Å². The zero-order chi connectivity index (χ0) is 12.2. The quantitative estimate of drug-likeness (QED) is 0.896. The highest BCUT2D eigenvalue weighted by atomic mass is 16.5. The molecule has 3 rings (SSSR count). The Bertz CT molecular complexity index is 502. The monoisotopic (exact) mass is 244 g/mol. The molecular weight excluding hydrogens is 226 g/mol. The van der Waals surface area contributed by atoms with Crippen molar-refractivity contribution >= 4 is 11.0 Å². The minimum Gasteiger partial charge on any atom is -0.476 e. The second-order valence-electron chi connectivity index (χ2n) is 4.73. The number of hydrogen-bond acceptors (Lipinski definition) is 3. The van der Waals surface area contributed by atoms with Gasteiger partial charge in [0.2, 0.25) is 5.88 Å². The number of fused-ring (bicyclic) bond motifs is 1. The van der Waals surface area contributed by atoms with Gasteiger partial charge in [-0.25, -0.2) is 0 Å². The number of hydrogen-bond donors (Lipinski definition) is 1. The van der Waals surface area contributed by atoms with E-state index in [0.717, 1.165) is 17.6 Å². The number of piperidine rings is 1. The molecule has 3 heterocycles. The molecule has 0 unspecified atom stereocenters. The highest BCUT2D eigenvalue weighted by Crippen LogP contribution is 2.14. The topological polar surface area (TPSA) is 41.1 Å². The molecule has 18 heavy (non-hydrogen) atoms. The van der Waals surface area contributed by atoms with Crippen LogP contribution in [-0.4, -0.2) is 41.1 Å². The first-order chi connectivity index (χ1) is 8.92. The van der Waals surface area contributed by atoms with Gasteiger partial charge in [0.15, 0.2) is 0 Å². The average molecular weight is 244 g/mol. The third-order valence-corrected chi connectivity index (χ3v) is 3.41. The summed E-state index contributed by atoms with van der Waals surface area (Å²) in [6, 6.07) is 6.96. The van der Waals surface area contributed by atoms with Crippen LogP contribution in [-0.2, 0) is 0 Å². The minimum absolute atomic E-state index is 0.690. The van der Waals surface area contributed by atoms with Crippen LogP contribution in [0, 0.1) is 6.07 Å². The molecule has 0 amide bonds. The predicted octanol–water partition coefficient (Wildman–Crippen LogP) is 2.23. The van der Waals surface area contributed by atoms with Crippen LogP contribution in [0.2, 0.25) is 0 Å². The summed E-state index contributed by atoms with van der Waals surface area (Å²) < 4.78 is 5.70. The van der Waals surface area contributed by atoms with Gasteiger partial charge in [-0.3, -0.25) is 4.90 Å². The van der Waals surface area contributed by atoms with Gasteiger partial charge in [0.25, 0.3) is 0 Å². The molecule has 0 aliphatic carbocycles. The third kappa shape index (κ3) is 2.64. The van der Waals surface area contributed by atoms with Gasteiger partial charge in [0.05, 0.1) is 0 Å². The average Bonchev–Trinajstić information content (AvgIpc) is 2.87. The molecule has 0 saturated carbocycles. The van der Waals surface area contributed by atoms with Crippen LogP contribution in [0.25, 0.3) is 11.0 Å². The number of aromatic nitrogens is 2. The molecule has 95 valence electrons. The van der Waals surface area contributed by atoms with Gasteiger partial charge < -0.3 is 9.72 Å². The molecule has 1 N–H and O–H groups in total. The van der Waals surface area contributed by atoms with Gasteiger partial charge in [0.1, 0.15) is 12.3 Å². The molecular formula is C14H18N3O. The van der Waals surface area contributed by atoms with Gasteiger partial charge in [0, 0.05) is 30.3 Å². The van der Waals surface area contributed by atoms with Crippen molar-refractivity contribution in [3.8, 4) is 5.88 Å². The molecule has 2 aromatic rings. The molecule has 1 aliphatic heterocycles. The Morgan fingerprint density at radius 2 is 2.17 bits per heavy atom. The lowest BCUT2D eigenvalue weighted by molar-refractivity contribution is 0.181. The van der Waals surface area contributed by atoms with Gasteiger partial charge in [-0.15, -0.1) is 0 Å². The van der Waals surface area contributed by atoms with Crippen molar-refractivity contribution in [1.29, 1.82) is 0 Å². The highest BCUT2D eigenvalue weighted by Gasteiger charge is 2.09. The predicted molar refractivity (Wildman–Crippen MR) is 70.7 cm³/mol. The van der Waals surface area contributed by atoms with Crippen molar-refractivity contribution in [2.75, 3.05) is 26.2 Å². The summed E-state index contributed by atoms with van der Waals surface area (Å²) in [6.07, 6.45) is 5.79. The van der Waals surface area contributed by atoms with Gasteiger partial charge in [-0.2, -0.15) is 4.98 Å². The molecule has 4 nitrogen and oxygen atoms in total. The first-order valence-electron chi connectivity index (χ1n) is 6.63. The van der Waals surface area contributed by atoms with E-state index in [2.05, 4.69) is 20.9 Å². The Hall–Kier alpha value is -1.55. The molecule has 0 bridgehead atoms. The van der Waals surface area contributed by atoms with E-state index in [0.29, 0.717) is 12.5 Å². The second-order valence-corrected chi connectivity index (χ2v) is 4.73. The maximum absolute atomic E-state index is 5.70. The number of likely N-dealkylation sites (tertiary alicyclic amines) is 1. The first kappa shape index (κ1) is 11.5. The van der Waals surface area contributed by atoms with E-state index in [-0.39, 0.29) is 0 Å². The zero-order valence-corrected chi connectivity index (χ0v) is 10.5. The molecule has 1 aliphatic rings. The third-order valence-electron chi connectivity index (χ3n) is 3.41. The highest BCUT2D eigenvalue weighted by molar-refractivity contribution is 5.74. The van der Waals surface area contributed by atoms with Crippen molar-refractivity contribution < 1.29 is 4.74 Å². The lowest BCUT2D eigenvalue weighted by atomic mass is 10.1. The van der Waals surface area contributed by atoms with Crippen LogP contribution in [0.1, 0.15) is 19.3 Å². The standard InChI is InChI=1S/C14H18N3O/c1-2-8-17(9-3-1)10-11-18-13-5-4-12-6-7-15-14(12)16-13/h4-5,7H,1-3,8-11H2,(H,15,16). The summed E-state index contributed by atoms with van der Waals surface area (Å²) in [5.74, 6) is 0.690. The number of aromatic amines is 1. The largest absolute Gasteiger partial charge is 0.476 e. The van der Waals surface area contributed by atoms with Crippen LogP contribution in [0.3, 0.4) is 0 Å². The number of ether oxygens (including phenoxy) is 1. The van der Waals surface area contributed by atoms with E-state index < -0.39 is 0 Å². The number of rotatable bonds is 4. The van der Waals surface area contributed by atoms with Crippen molar-refractivity contribution in [1.82, 2.24) is 14.9 Å². The lowest BCUT2D eigenvalue weighted by Gasteiger charge is -2.25. The fraction of sp³-hybridized carbons (Fsp3) is 0.500. The molecule has 1 radical (unpaired) electrons. The van der Waals surface area contributed by atoms with Crippen molar-refractivity contribution in [2.45, 2.75) is 19.3 Å². The Morgan fingerprint density at radius 1 is 1.28 bits per heavy atom. The molecule has 0 spiro atoms. The van der Waals surface area contributed by atoms with Crippen LogP contribution < -0.4 is 4.74 Å². The number of pyridine rings is 1. The van der Waals surface area contributed by atoms with Crippen LogP contribution >= 0.6 is 0 Å². The maximum Gasteiger partial charge on any atom is 0.215 e. The second kappa shape index (κ2) is 5.40. The number of H-pyrrole nitrogens is 1. The fourth-order valence-corrected chi connectivity index (χ4v) is 2.39. The maximum atomic E-state index is 5.70. The van der Waals surface area contributed by atoms with Gasteiger partial charge in [-0.1, -0.05) is 6.42 Å². The minimum atomic E-state index is 0.690. The molecule has 0 aromatic carbocycles. The fourth-order valence-electron chi connectivity index (χ4n) is 2.39. The molecule has 1 fully saturated rings. The SMILES string of the molecule is [c]1c[nH]c2nc(OCCN3CCCCC3)ccc12. The Kier molecular flexibility index (Phi) is 3.46. The number of nitrogens with one attached hydrogen (secondary N) is 1. The first-order valence-corrected chi connectivity index (χ1v) is 6.63. The van der Waals surface area contributed by atoms with Crippen molar-refractivity contribution in [3.63, 3.8) is 0 Å². The molecule has 1 saturated heterocycles. The van der Waals surface area contributed by atoms with E-state index in [1.807, 2.05) is 12.1 Å². The summed E-state index contributed by atoms with van der Waals surface area (Å²) in [6.45, 7) is 4.13.